The first-order valence-electron chi connectivity index (χ1n) is 5.03. The number of nitrogens with zero attached hydrogens (tertiary/aromatic N) is 1. The third kappa shape index (κ3) is 2.12. The number of nitrogen functional groups attached to an aromatic ring is 1. The minimum atomic E-state index is 0.265. The van der Waals surface area contributed by atoms with Crippen LogP contribution in [0.3, 0.4) is 0 Å². The van der Waals surface area contributed by atoms with E-state index in [0.29, 0.717) is 17.5 Å². The van der Waals surface area contributed by atoms with E-state index in [-0.39, 0.29) is 6.79 Å². The predicted molar refractivity (Wildman–Crippen MR) is 63.4 cm³/mol. The highest BCUT2D eigenvalue weighted by Crippen LogP contribution is 2.35. The summed E-state index contributed by atoms with van der Waals surface area (Å²) in [5.74, 6) is 2.18. The van der Waals surface area contributed by atoms with E-state index in [4.69, 9.17) is 19.9 Å². The average molecular weight is 250 g/mol. The molecule has 1 aromatic carbocycles. The minimum absolute atomic E-state index is 0.265. The van der Waals surface area contributed by atoms with Crippen LogP contribution in [0, 0.1) is 0 Å². The molecule has 0 amide bonds. The SMILES string of the molecule is Nc1nc(COc2ccc3c(c2)OCO3)cs1. The van der Waals surface area contributed by atoms with Crippen molar-refractivity contribution in [1.29, 1.82) is 0 Å². The van der Waals surface area contributed by atoms with Crippen molar-refractivity contribution in [3.63, 3.8) is 0 Å². The molecule has 0 saturated carbocycles. The number of benzene rings is 1. The molecule has 0 aliphatic carbocycles. The minimum Gasteiger partial charge on any atom is -0.487 e. The molecule has 2 N–H and O–H groups in total. The molecule has 0 unspecified atom stereocenters. The van der Waals surface area contributed by atoms with E-state index >= 15 is 0 Å². The van der Waals surface area contributed by atoms with Gasteiger partial charge in [0.1, 0.15) is 12.4 Å². The highest BCUT2D eigenvalue weighted by Gasteiger charge is 2.13. The zero-order valence-electron chi connectivity index (χ0n) is 8.88. The summed E-state index contributed by atoms with van der Waals surface area (Å²) in [4.78, 5) is 4.11. The molecule has 0 radical (unpaired) electrons. The zero-order valence-corrected chi connectivity index (χ0v) is 9.70. The van der Waals surface area contributed by atoms with Gasteiger partial charge in [-0.25, -0.2) is 4.98 Å². The predicted octanol–water partition coefficient (Wildman–Crippen LogP) is 2.03. The van der Waals surface area contributed by atoms with E-state index in [1.54, 1.807) is 6.07 Å². The van der Waals surface area contributed by atoms with E-state index < -0.39 is 0 Å². The fourth-order valence-corrected chi connectivity index (χ4v) is 2.06. The van der Waals surface area contributed by atoms with Gasteiger partial charge in [-0.15, -0.1) is 11.3 Å². The molecule has 88 valence electrons. The number of aromatic nitrogens is 1. The fourth-order valence-electron chi connectivity index (χ4n) is 1.51. The molecule has 6 heteroatoms. The molecule has 0 bridgehead atoms. The number of hydrogen-bond acceptors (Lipinski definition) is 6. The molecule has 1 aliphatic heterocycles. The summed E-state index contributed by atoms with van der Waals surface area (Å²) < 4.78 is 16.1. The maximum Gasteiger partial charge on any atom is 0.231 e. The topological polar surface area (TPSA) is 66.6 Å². The van der Waals surface area contributed by atoms with Crippen LogP contribution in [0.15, 0.2) is 23.6 Å². The summed E-state index contributed by atoms with van der Waals surface area (Å²) in [5.41, 5.74) is 6.36. The number of hydrogen-bond donors (Lipinski definition) is 1. The number of nitrogens with two attached hydrogens (primary N) is 1. The lowest BCUT2D eigenvalue weighted by Gasteiger charge is -2.04. The Morgan fingerprint density at radius 2 is 2.24 bits per heavy atom. The largest absolute Gasteiger partial charge is 0.487 e. The Labute approximate surface area is 102 Å². The van der Waals surface area contributed by atoms with Gasteiger partial charge in [-0.05, 0) is 12.1 Å². The van der Waals surface area contributed by atoms with Crippen LogP contribution >= 0.6 is 11.3 Å². The Kier molecular flexibility index (Phi) is 2.49. The standard InChI is InChI=1S/C11H10N2O3S/c12-11-13-7(5-17-11)4-14-8-1-2-9-10(3-8)16-6-15-9/h1-3,5H,4,6H2,(H2,12,13). The maximum atomic E-state index is 5.58. The van der Waals surface area contributed by atoms with Crippen molar-refractivity contribution in [2.75, 3.05) is 12.5 Å². The molecule has 0 saturated heterocycles. The van der Waals surface area contributed by atoms with Crippen molar-refractivity contribution in [2.24, 2.45) is 0 Å². The lowest BCUT2D eigenvalue weighted by molar-refractivity contribution is 0.173. The molecular weight excluding hydrogens is 240 g/mol. The molecule has 1 aromatic heterocycles. The van der Waals surface area contributed by atoms with E-state index in [1.807, 2.05) is 17.5 Å². The second-order valence-corrected chi connectivity index (χ2v) is 4.37. The normalized spacial score (nSPS) is 12.7. The van der Waals surface area contributed by atoms with Crippen molar-refractivity contribution in [3.05, 3.63) is 29.3 Å². The first kappa shape index (κ1) is 10.2. The van der Waals surface area contributed by atoms with Gasteiger partial charge in [0.05, 0.1) is 5.69 Å². The molecule has 5 nitrogen and oxygen atoms in total. The average Bonchev–Trinajstić information content (AvgIpc) is 2.94. The van der Waals surface area contributed by atoms with Crippen LogP contribution < -0.4 is 19.9 Å². The quantitative estimate of drug-likeness (QED) is 0.902. The summed E-state index contributed by atoms with van der Waals surface area (Å²) in [5, 5.41) is 2.43. The Balaban J connectivity index is 1.69. The zero-order chi connectivity index (χ0) is 11.7. The number of rotatable bonds is 3. The van der Waals surface area contributed by atoms with Gasteiger partial charge in [0, 0.05) is 11.4 Å². The molecule has 1 aliphatic rings. The summed E-state index contributed by atoms with van der Waals surface area (Å²) in [7, 11) is 0. The van der Waals surface area contributed by atoms with Crippen molar-refractivity contribution in [3.8, 4) is 17.2 Å². The second-order valence-electron chi connectivity index (χ2n) is 3.48. The van der Waals surface area contributed by atoms with Gasteiger partial charge in [-0.1, -0.05) is 0 Å². The summed E-state index contributed by atoms with van der Waals surface area (Å²) in [6, 6.07) is 5.47. The first-order valence-corrected chi connectivity index (χ1v) is 5.91. The third-order valence-electron chi connectivity index (χ3n) is 2.30. The fraction of sp³-hybridized carbons (Fsp3) is 0.182. The summed E-state index contributed by atoms with van der Waals surface area (Å²) >= 11 is 1.40. The molecule has 2 heterocycles. The Hall–Kier alpha value is -1.95. The number of anilines is 1. The Morgan fingerprint density at radius 3 is 3.06 bits per heavy atom. The number of ether oxygens (including phenoxy) is 3. The van der Waals surface area contributed by atoms with Gasteiger partial charge in [0.25, 0.3) is 0 Å². The maximum absolute atomic E-state index is 5.58. The molecule has 0 atom stereocenters. The van der Waals surface area contributed by atoms with Crippen molar-refractivity contribution in [2.45, 2.75) is 6.61 Å². The van der Waals surface area contributed by atoms with Gasteiger partial charge < -0.3 is 19.9 Å². The lowest BCUT2D eigenvalue weighted by atomic mass is 10.3. The van der Waals surface area contributed by atoms with Crippen LogP contribution in [0.2, 0.25) is 0 Å². The molecule has 3 rings (SSSR count). The highest BCUT2D eigenvalue weighted by molar-refractivity contribution is 7.13. The van der Waals surface area contributed by atoms with Crippen LogP contribution in [0.1, 0.15) is 5.69 Å². The van der Waals surface area contributed by atoms with E-state index in [9.17, 15) is 0 Å². The Morgan fingerprint density at radius 1 is 1.35 bits per heavy atom. The molecule has 2 aromatic rings. The van der Waals surface area contributed by atoms with Gasteiger partial charge in [-0.3, -0.25) is 0 Å². The third-order valence-corrected chi connectivity index (χ3v) is 3.02. The first-order chi connectivity index (χ1) is 8.31. The van der Waals surface area contributed by atoms with Crippen molar-refractivity contribution >= 4 is 16.5 Å². The number of thiazole rings is 1. The van der Waals surface area contributed by atoms with Crippen LogP contribution in [0.25, 0.3) is 0 Å². The molecule has 17 heavy (non-hydrogen) atoms. The van der Waals surface area contributed by atoms with Crippen LogP contribution in [0.4, 0.5) is 5.13 Å². The summed E-state index contributed by atoms with van der Waals surface area (Å²) in [6.45, 7) is 0.661. The lowest BCUT2D eigenvalue weighted by Crippen LogP contribution is -1.96. The molecular formula is C11H10N2O3S. The Bertz CT molecular complexity index is 541. The van der Waals surface area contributed by atoms with Gasteiger partial charge >= 0.3 is 0 Å². The van der Waals surface area contributed by atoms with Crippen LogP contribution in [-0.2, 0) is 6.61 Å². The monoisotopic (exact) mass is 250 g/mol. The highest BCUT2D eigenvalue weighted by atomic mass is 32.1. The van der Waals surface area contributed by atoms with Gasteiger partial charge in [-0.2, -0.15) is 0 Å². The number of fused-ring (bicyclic) bond motifs is 1. The van der Waals surface area contributed by atoms with E-state index in [1.165, 1.54) is 11.3 Å². The van der Waals surface area contributed by atoms with Crippen molar-refractivity contribution in [1.82, 2.24) is 4.98 Å². The summed E-state index contributed by atoms with van der Waals surface area (Å²) in [6.07, 6.45) is 0. The van der Waals surface area contributed by atoms with Gasteiger partial charge in [0.15, 0.2) is 16.6 Å². The van der Waals surface area contributed by atoms with E-state index in [0.717, 1.165) is 17.2 Å². The molecule has 0 spiro atoms. The van der Waals surface area contributed by atoms with E-state index in [2.05, 4.69) is 4.98 Å². The smallest absolute Gasteiger partial charge is 0.231 e. The van der Waals surface area contributed by atoms with Gasteiger partial charge in [0.2, 0.25) is 6.79 Å². The van der Waals surface area contributed by atoms with Crippen molar-refractivity contribution < 1.29 is 14.2 Å². The molecule has 0 fully saturated rings. The van der Waals surface area contributed by atoms with Crippen LogP contribution in [0.5, 0.6) is 17.2 Å². The second kappa shape index (κ2) is 4.14. The van der Waals surface area contributed by atoms with Crippen LogP contribution in [-0.4, -0.2) is 11.8 Å².